The molecule has 0 saturated carbocycles. The highest BCUT2D eigenvalue weighted by molar-refractivity contribution is 5.96. The molecule has 3 amide bonds. The highest BCUT2D eigenvalue weighted by Crippen LogP contribution is 2.24. The second kappa shape index (κ2) is 5.96. The van der Waals surface area contributed by atoms with Crippen molar-refractivity contribution in [1.29, 1.82) is 0 Å². The number of likely N-dealkylation sites (N-methyl/N-ethyl adjacent to an activating group) is 1. The molecule has 8 nitrogen and oxygen atoms in total. The minimum absolute atomic E-state index is 0.0572. The van der Waals surface area contributed by atoms with E-state index in [0.29, 0.717) is 24.5 Å². The number of amides is 3. The molecule has 0 unspecified atom stereocenters. The van der Waals surface area contributed by atoms with Gasteiger partial charge in [-0.15, -0.1) is 0 Å². The zero-order valence-electron chi connectivity index (χ0n) is 13.0. The summed E-state index contributed by atoms with van der Waals surface area (Å²) in [5, 5.41) is 2.56. The Morgan fingerprint density at radius 3 is 2.91 bits per heavy atom. The van der Waals surface area contributed by atoms with Gasteiger partial charge in [0.1, 0.15) is 12.4 Å². The lowest BCUT2D eigenvalue weighted by molar-refractivity contribution is -0.150. The van der Waals surface area contributed by atoms with Crippen LogP contribution in [0.25, 0.3) is 0 Å². The number of hydrogen-bond acceptors (Lipinski definition) is 5. The summed E-state index contributed by atoms with van der Waals surface area (Å²) < 4.78 is 5.52. The summed E-state index contributed by atoms with van der Waals surface area (Å²) in [5.41, 5.74) is 0.441. The SMILES string of the molecule is CC(=O)Nc1cc(C(=O)N2C[C@@H]3OCC(=O)N(C)[C@H]3C2)ccn1. The number of rotatable bonds is 2. The van der Waals surface area contributed by atoms with Gasteiger partial charge in [-0.2, -0.15) is 0 Å². The smallest absolute Gasteiger partial charge is 0.254 e. The van der Waals surface area contributed by atoms with E-state index in [1.807, 2.05) is 0 Å². The number of hydrogen-bond donors (Lipinski definition) is 1. The monoisotopic (exact) mass is 318 g/mol. The van der Waals surface area contributed by atoms with Crippen LogP contribution < -0.4 is 5.32 Å². The normalized spacial score (nSPS) is 23.7. The lowest BCUT2D eigenvalue weighted by Crippen LogP contribution is -2.51. The first-order chi connectivity index (χ1) is 11.0. The molecule has 1 aromatic rings. The van der Waals surface area contributed by atoms with E-state index in [4.69, 9.17) is 4.74 Å². The minimum Gasteiger partial charge on any atom is -0.364 e. The number of fused-ring (bicyclic) bond motifs is 1. The van der Waals surface area contributed by atoms with E-state index < -0.39 is 0 Å². The zero-order valence-corrected chi connectivity index (χ0v) is 13.0. The standard InChI is InChI=1S/C15H18N4O4/c1-9(20)17-13-5-10(3-4-16-13)15(22)19-6-11-12(7-19)23-8-14(21)18(11)2/h3-5,11-12H,6-8H2,1-2H3,(H,16,17,20)/t11-,12-/m0/s1. The molecule has 0 spiro atoms. The molecule has 1 aromatic heterocycles. The molecule has 2 fully saturated rings. The molecule has 1 N–H and O–H groups in total. The largest absolute Gasteiger partial charge is 0.364 e. The first-order valence-electron chi connectivity index (χ1n) is 7.36. The first kappa shape index (κ1) is 15.4. The van der Waals surface area contributed by atoms with Gasteiger partial charge in [0.05, 0.1) is 12.1 Å². The number of nitrogens with one attached hydrogen (secondary N) is 1. The molecule has 8 heteroatoms. The molecule has 122 valence electrons. The maximum Gasteiger partial charge on any atom is 0.254 e. The quantitative estimate of drug-likeness (QED) is 0.810. The molecule has 0 aliphatic carbocycles. The Labute approximate surface area is 133 Å². The number of morpholine rings is 1. The van der Waals surface area contributed by atoms with Crippen molar-refractivity contribution in [2.75, 3.05) is 32.1 Å². The summed E-state index contributed by atoms with van der Waals surface area (Å²) in [6.45, 7) is 2.32. The number of aromatic nitrogens is 1. The van der Waals surface area contributed by atoms with Gasteiger partial charge in [-0.25, -0.2) is 4.98 Å². The predicted octanol–water partition coefficient (Wildman–Crippen LogP) is -0.278. The van der Waals surface area contributed by atoms with Crippen LogP contribution >= 0.6 is 0 Å². The lowest BCUT2D eigenvalue weighted by Gasteiger charge is -2.33. The van der Waals surface area contributed by atoms with Crippen molar-refractivity contribution in [2.24, 2.45) is 0 Å². The van der Waals surface area contributed by atoms with Gasteiger partial charge < -0.3 is 19.9 Å². The Kier molecular flexibility index (Phi) is 3.99. The Bertz CT molecular complexity index is 663. The van der Waals surface area contributed by atoms with E-state index in [-0.39, 0.29) is 36.5 Å². The van der Waals surface area contributed by atoms with Gasteiger partial charge in [-0.3, -0.25) is 14.4 Å². The molecule has 3 heterocycles. The fourth-order valence-electron chi connectivity index (χ4n) is 2.92. The van der Waals surface area contributed by atoms with Crippen molar-refractivity contribution in [3.05, 3.63) is 23.9 Å². The molecule has 3 rings (SSSR count). The number of anilines is 1. The molecule has 23 heavy (non-hydrogen) atoms. The third-order valence-corrected chi connectivity index (χ3v) is 4.15. The van der Waals surface area contributed by atoms with Crippen molar-refractivity contribution < 1.29 is 19.1 Å². The van der Waals surface area contributed by atoms with Gasteiger partial charge in [0.2, 0.25) is 11.8 Å². The van der Waals surface area contributed by atoms with E-state index in [9.17, 15) is 14.4 Å². The number of ether oxygens (including phenoxy) is 1. The second-order valence-electron chi connectivity index (χ2n) is 5.74. The number of nitrogens with zero attached hydrogens (tertiary/aromatic N) is 3. The van der Waals surface area contributed by atoms with Crippen LogP contribution in [0.2, 0.25) is 0 Å². The molecule has 2 atom stereocenters. The van der Waals surface area contributed by atoms with E-state index in [1.54, 1.807) is 29.0 Å². The zero-order chi connectivity index (χ0) is 16.6. The summed E-state index contributed by atoms with van der Waals surface area (Å²) in [6, 6.07) is 3.03. The van der Waals surface area contributed by atoms with E-state index >= 15 is 0 Å². The summed E-state index contributed by atoms with van der Waals surface area (Å²) in [6.07, 6.45) is 1.33. The Balaban J connectivity index is 1.74. The van der Waals surface area contributed by atoms with E-state index in [2.05, 4.69) is 10.3 Å². The van der Waals surface area contributed by atoms with Crippen LogP contribution in [-0.4, -0.2) is 71.4 Å². The fourth-order valence-corrected chi connectivity index (χ4v) is 2.92. The van der Waals surface area contributed by atoms with Crippen LogP contribution in [0.4, 0.5) is 5.82 Å². The van der Waals surface area contributed by atoms with Crippen LogP contribution in [0.1, 0.15) is 17.3 Å². The van der Waals surface area contributed by atoms with Crippen molar-refractivity contribution in [2.45, 2.75) is 19.1 Å². The van der Waals surface area contributed by atoms with E-state index in [0.717, 1.165) is 0 Å². The average Bonchev–Trinajstić information content (AvgIpc) is 2.95. The summed E-state index contributed by atoms with van der Waals surface area (Å²) >= 11 is 0. The number of pyridine rings is 1. The highest BCUT2D eigenvalue weighted by atomic mass is 16.5. The Morgan fingerprint density at radius 2 is 2.17 bits per heavy atom. The molecule has 0 bridgehead atoms. The van der Waals surface area contributed by atoms with Crippen molar-refractivity contribution in [1.82, 2.24) is 14.8 Å². The summed E-state index contributed by atoms with van der Waals surface area (Å²) in [7, 11) is 1.73. The molecular weight excluding hydrogens is 300 g/mol. The average molecular weight is 318 g/mol. The van der Waals surface area contributed by atoms with E-state index in [1.165, 1.54) is 13.1 Å². The number of carbonyl (C=O) groups excluding carboxylic acids is 3. The lowest BCUT2D eigenvalue weighted by atomic mass is 10.1. The fraction of sp³-hybridized carbons (Fsp3) is 0.467. The molecule has 2 aliphatic rings. The van der Waals surface area contributed by atoms with Gasteiger partial charge in [0.25, 0.3) is 5.91 Å². The van der Waals surface area contributed by atoms with Crippen LogP contribution in [0.3, 0.4) is 0 Å². The second-order valence-corrected chi connectivity index (χ2v) is 5.74. The maximum atomic E-state index is 12.6. The van der Waals surface area contributed by atoms with Gasteiger partial charge in [0, 0.05) is 38.8 Å². The van der Waals surface area contributed by atoms with Gasteiger partial charge in [0.15, 0.2) is 0 Å². The van der Waals surface area contributed by atoms with Gasteiger partial charge in [-0.1, -0.05) is 0 Å². The van der Waals surface area contributed by atoms with Crippen LogP contribution in [0, 0.1) is 0 Å². The van der Waals surface area contributed by atoms with Crippen molar-refractivity contribution in [3.8, 4) is 0 Å². The molecular formula is C15H18N4O4. The highest BCUT2D eigenvalue weighted by Gasteiger charge is 2.43. The summed E-state index contributed by atoms with van der Waals surface area (Å²) in [5.74, 6) is -0.151. The maximum absolute atomic E-state index is 12.6. The van der Waals surface area contributed by atoms with Crippen molar-refractivity contribution >= 4 is 23.5 Å². The Morgan fingerprint density at radius 1 is 1.39 bits per heavy atom. The third-order valence-electron chi connectivity index (χ3n) is 4.15. The first-order valence-corrected chi connectivity index (χ1v) is 7.36. The number of carbonyl (C=O) groups is 3. The molecule has 0 radical (unpaired) electrons. The topological polar surface area (TPSA) is 91.8 Å². The van der Waals surface area contributed by atoms with Gasteiger partial charge in [-0.05, 0) is 12.1 Å². The van der Waals surface area contributed by atoms with Crippen molar-refractivity contribution in [3.63, 3.8) is 0 Å². The molecule has 0 aromatic carbocycles. The Hall–Kier alpha value is -2.48. The van der Waals surface area contributed by atoms with Gasteiger partial charge >= 0.3 is 0 Å². The van der Waals surface area contributed by atoms with Crippen LogP contribution in [0.5, 0.6) is 0 Å². The predicted molar refractivity (Wildman–Crippen MR) is 80.7 cm³/mol. The van der Waals surface area contributed by atoms with Crippen LogP contribution in [0.15, 0.2) is 18.3 Å². The number of likely N-dealkylation sites (tertiary alicyclic amines) is 1. The summed E-state index contributed by atoms with van der Waals surface area (Å²) in [4.78, 5) is 42.7. The third kappa shape index (κ3) is 3.02. The molecule has 2 aliphatic heterocycles. The minimum atomic E-state index is -0.247. The van der Waals surface area contributed by atoms with Crippen LogP contribution in [-0.2, 0) is 14.3 Å². The molecule has 2 saturated heterocycles.